The summed E-state index contributed by atoms with van der Waals surface area (Å²) in [5.74, 6) is -0.886. The Bertz CT molecular complexity index is 800. The molecule has 2 N–H and O–H groups in total. The van der Waals surface area contributed by atoms with Crippen LogP contribution in [0.15, 0.2) is 54.6 Å². The van der Waals surface area contributed by atoms with Gasteiger partial charge in [0.2, 0.25) is 5.91 Å². The molecule has 1 saturated carbocycles. The third-order valence-electron chi connectivity index (χ3n) is 4.12. The summed E-state index contributed by atoms with van der Waals surface area (Å²) < 4.78 is 0. The largest absolute Gasteiger partial charge is 0.272 e. The van der Waals surface area contributed by atoms with Crippen molar-refractivity contribution in [1.82, 2.24) is 10.9 Å². The van der Waals surface area contributed by atoms with E-state index in [1.54, 1.807) is 0 Å². The third kappa shape index (κ3) is 2.96. The molecule has 122 valence electrons. The number of nitrogens with zero attached hydrogens (tertiary/aromatic N) is 1. The average Bonchev–Trinajstić information content (AvgIpc) is 3.42. The lowest BCUT2D eigenvalue weighted by molar-refractivity contribution is -0.384. The second kappa shape index (κ2) is 6.11. The Morgan fingerprint density at radius 2 is 1.71 bits per heavy atom. The molecule has 2 aromatic rings. The van der Waals surface area contributed by atoms with E-state index in [1.807, 2.05) is 30.3 Å². The maximum Gasteiger partial charge on any atom is 0.270 e. The van der Waals surface area contributed by atoms with Crippen LogP contribution >= 0.6 is 0 Å². The first-order chi connectivity index (χ1) is 11.5. The molecule has 3 rings (SSSR count). The summed E-state index contributed by atoms with van der Waals surface area (Å²) in [5, 5.41) is 10.7. The number of amides is 2. The van der Waals surface area contributed by atoms with Crippen molar-refractivity contribution in [3.05, 3.63) is 75.8 Å². The number of non-ortho nitro benzene ring substituents is 1. The van der Waals surface area contributed by atoms with Gasteiger partial charge in [-0.2, -0.15) is 0 Å². The Morgan fingerprint density at radius 3 is 2.33 bits per heavy atom. The van der Waals surface area contributed by atoms with Crippen LogP contribution in [0, 0.1) is 10.1 Å². The van der Waals surface area contributed by atoms with Crippen molar-refractivity contribution in [3.63, 3.8) is 0 Å². The van der Waals surface area contributed by atoms with Gasteiger partial charge in [0.1, 0.15) is 0 Å². The van der Waals surface area contributed by atoms with Crippen molar-refractivity contribution in [3.8, 4) is 0 Å². The highest BCUT2D eigenvalue weighted by Gasteiger charge is 2.51. The highest BCUT2D eigenvalue weighted by atomic mass is 16.6. The van der Waals surface area contributed by atoms with E-state index in [4.69, 9.17) is 0 Å². The van der Waals surface area contributed by atoms with Crippen LogP contribution in [0.4, 0.5) is 5.69 Å². The first kappa shape index (κ1) is 15.7. The van der Waals surface area contributed by atoms with Crippen molar-refractivity contribution in [1.29, 1.82) is 0 Å². The van der Waals surface area contributed by atoms with Gasteiger partial charge in [-0.25, -0.2) is 0 Å². The van der Waals surface area contributed by atoms with Gasteiger partial charge in [0.25, 0.3) is 11.6 Å². The van der Waals surface area contributed by atoms with Gasteiger partial charge >= 0.3 is 0 Å². The Morgan fingerprint density at radius 1 is 1.00 bits per heavy atom. The molecule has 2 amide bonds. The van der Waals surface area contributed by atoms with Crippen LogP contribution in [0.3, 0.4) is 0 Å². The number of nitro groups is 1. The van der Waals surface area contributed by atoms with Gasteiger partial charge in [-0.3, -0.25) is 30.6 Å². The van der Waals surface area contributed by atoms with Crippen molar-refractivity contribution >= 4 is 17.5 Å². The van der Waals surface area contributed by atoms with Crippen LogP contribution < -0.4 is 10.9 Å². The van der Waals surface area contributed by atoms with Gasteiger partial charge in [0.15, 0.2) is 0 Å². The van der Waals surface area contributed by atoms with Gasteiger partial charge < -0.3 is 0 Å². The normalized spacial score (nSPS) is 14.5. The van der Waals surface area contributed by atoms with Crippen molar-refractivity contribution in [2.45, 2.75) is 18.3 Å². The molecular formula is C17H15N3O4. The van der Waals surface area contributed by atoms with E-state index >= 15 is 0 Å². The maximum absolute atomic E-state index is 12.4. The lowest BCUT2D eigenvalue weighted by atomic mass is 9.95. The number of nitrogens with one attached hydrogen (secondary N) is 2. The molecule has 0 unspecified atom stereocenters. The van der Waals surface area contributed by atoms with Crippen molar-refractivity contribution in [2.24, 2.45) is 0 Å². The first-order valence-electron chi connectivity index (χ1n) is 7.44. The molecule has 7 heteroatoms. The fourth-order valence-corrected chi connectivity index (χ4v) is 2.60. The minimum atomic E-state index is -0.601. The second-order valence-electron chi connectivity index (χ2n) is 5.66. The summed E-state index contributed by atoms with van der Waals surface area (Å²) in [6.07, 6.45) is 1.44. The van der Waals surface area contributed by atoms with Crippen LogP contribution in [0.25, 0.3) is 0 Å². The molecule has 0 aromatic heterocycles. The highest BCUT2D eigenvalue weighted by Crippen LogP contribution is 2.48. The lowest BCUT2D eigenvalue weighted by Gasteiger charge is -2.16. The average molecular weight is 325 g/mol. The van der Waals surface area contributed by atoms with E-state index in [9.17, 15) is 19.7 Å². The summed E-state index contributed by atoms with van der Waals surface area (Å²) in [6, 6.07) is 14.7. The quantitative estimate of drug-likeness (QED) is 0.664. The fraction of sp³-hybridized carbons (Fsp3) is 0.176. The molecule has 0 bridgehead atoms. The zero-order valence-corrected chi connectivity index (χ0v) is 12.7. The van der Waals surface area contributed by atoms with Gasteiger partial charge in [0, 0.05) is 17.7 Å². The standard InChI is InChI=1S/C17H15N3O4/c21-15(12-5-4-8-14(11-12)20(23)24)18-19-16(22)17(9-10-17)13-6-2-1-3-7-13/h1-8,11H,9-10H2,(H,18,21)(H,19,22). The summed E-state index contributed by atoms with van der Waals surface area (Å²) in [7, 11) is 0. The van der Waals surface area contributed by atoms with Crippen LogP contribution in [0.5, 0.6) is 0 Å². The van der Waals surface area contributed by atoms with Crippen molar-refractivity contribution in [2.75, 3.05) is 0 Å². The van der Waals surface area contributed by atoms with Gasteiger partial charge in [0.05, 0.1) is 10.3 Å². The van der Waals surface area contributed by atoms with E-state index in [0.717, 1.165) is 24.5 Å². The Hall–Kier alpha value is -3.22. The molecule has 1 aliphatic rings. The van der Waals surface area contributed by atoms with E-state index in [2.05, 4.69) is 10.9 Å². The van der Waals surface area contributed by atoms with Crippen LogP contribution in [0.1, 0.15) is 28.8 Å². The molecule has 0 saturated heterocycles. The minimum Gasteiger partial charge on any atom is -0.272 e. The Balaban J connectivity index is 1.66. The van der Waals surface area contributed by atoms with Crippen LogP contribution in [-0.2, 0) is 10.2 Å². The molecule has 0 radical (unpaired) electrons. The predicted octanol–water partition coefficient (Wildman–Crippen LogP) is 2.09. The molecule has 0 atom stereocenters. The van der Waals surface area contributed by atoms with E-state index in [0.29, 0.717) is 0 Å². The number of rotatable bonds is 4. The smallest absolute Gasteiger partial charge is 0.270 e. The molecule has 0 spiro atoms. The number of hydrazine groups is 1. The summed E-state index contributed by atoms with van der Waals surface area (Å²) in [5.41, 5.74) is 4.97. The number of benzene rings is 2. The molecule has 2 aromatic carbocycles. The molecule has 7 nitrogen and oxygen atoms in total. The summed E-state index contributed by atoms with van der Waals surface area (Å²) >= 11 is 0. The Kier molecular flexibility index (Phi) is 3.99. The fourth-order valence-electron chi connectivity index (χ4n) is 2.60. The van der Waals surface area contributed by atoms with Gasteiger partial charge in [-0.05, 0) is 24.5 Å². The second-order valence-corrected chi connectivity index (χ2v) is 5.66. The van der Waals surface area contributed by atoms with Crippen LogP contribution in [0.2, 0.25) is 0 Å². The Labute approximate surface area is 137 Å². The molecule has 1 fully saturated rings. The molecule has 1 aliphatic carbocycles. The van der Waals surface area contributed by atoms with Crippen LogP contribution in [-0.4, -0.2) is 16.7 Å². The number of hydrogen-bond acceptors (Lipinski definition) is 4. The lowest BCUT2D eigenvalue weighted by Crippen LogP contribution is -2.46. The number of nitro benzene ring substituents is 1. The monoisotopic (exact) mass is 325 g/mol. The minimum absolute atomic E-state index is 0.106. The highest BCUT2D eigenvalue weighted by molar-refractivity contribution is 5.98. The summed E-state index contributed by atoms with van der Waals surface area (Å²) in [4.78, 5) is 34.6. The zero-order chi connectivity index (χ0) is 17.2. The summed E-state index contributed by atoms with van der Waals surface area (Å²) in [6.45, 7) is 0. The van der Waals surface area contributed by atoms with Gasteiger partial charge in [-0.15, -0.1) is 0 Å². The van der Waals surface area contributed by atoms with E-state index in [1.165, 1.54) is 18.2 Å². The molecule has 0 aliphatic heterocycles. The first-order valence-corrected chi connectivity index (χ1v) is 7.44. The zero-order valence-electron chi connectivity index (χ0n) is 12.7. The topological polar surface area (TPSA) is 101 Å². The van der Waals surface area contributed by atoms with E-state index < -0.39 is 16.2 Å². The van der Waals surface area contributed by atoms with Crippen molar-refractivity contribution < 1.29 is 14.5 Å². The number of carbonyl (C=O) groups excluding carboxylic acids is 2. The van der Waals surface area contributed by atoms with Gasteiger partial charge in [-0.1, -0.05) is 36.4 Å². The molecular weight excluding hydrogens is 310 g/mol. The predicted molar refractivity (Wildman–Crippen MR) is 86.1 cm³/mol. The third-order valence-corrected chi connectivity index (χ3v) is 4.12. The maximum atomic E-state index is 12.4. The molecule has 24 heavy (non-hydrogen) atoms. The SMILES string of the molecule is O=C(NNC(=O)C1(c2ccccc2)CC1)c1cccc([N+](=O)[O-])c1. The van der Waals surface area contributed by atoms with E-state index in [-0.39, 0.29) is 17.2 Å². The number of hydrogen-bond donors (Lipinski definition) is 2. The number of carbonyl (C=O) groups is 2. The molecule has 0 heterocycles.